The van der Waals surface area contributed by atoms with Crippen LogP contribution in [0.25, 0.3) is 0 Å². The number of aromatic nitrogens is 1. The van der Waals surface area contributed by atoms with Crippen LogP contribution in [0, 0.1) is 12.7 Å². The summed E-state index contributed by atoms with van der Waals surface area (Å²) in [5, 5.41) is 9.75. The SMILES string of the molecule is Cc1ccnc(N2CCN(C(=O)c3c(O)cccc3F)CC2)c1. The van der Waals surface area contributed by atoms with Gasteiger partial charge in [0.1, 0.15) is 22.9 Å². The fourth-order valence-corrected chi connectivity index (χ4v) is 2.71. The third-order valence-corrected chi connectivity index (χ3v) is 4.00. The summed E-state index contributed by atoms with van der Waals surface area (Å²) in [4.78, 5) is 20.4. The largest absolute Gasteiger partial charge is 0.507 e. The molecule has 1 aromatic heterocycles. The summed E-state index contributed by atoms with van der Waals surface area (Å²) in [5.74, 6) is -0.612. The lowest BCUT2D eigenvalue weighted by molar-refractivity contribution is 0.0738. The molecule has 2 aromatic rings. The van der Waals surface area contributed by atoms with Gasteiger partial charge in [-0.3, -0.25) is 4.79 Å². The molecular weight excluding hydrogens is 297 g/mol. The Morgan fingerprint density at radius 1 is 1.22 bits per heavy atom. The normalized spacial score (nSPS) is 14.9. The number of carbonyl (C=O) groups is 1. The lowest BCUT2D eigenvalue weighted by Gasteiger charge is -2.35. The van der Waals surface area contributed by atoms with E-state index in [1.165, 1.54) is 18.2 Å². The van der Waals surface area contributed by atoms with Crippen molar-refractivity contribution < 1.29 is 14.3 Å². The maximum Gasteiger partial charge on any atom is 0.260 e. The van der Waals surface area contributed by atoms with Crippen LogP contribution in [0.1, 0.15) is 15.9 Å². The molecule has 1 aliphatic rings. The van der Waals surface area contributed by atoms with E-state index in [0.29, 0.717) is 26.2 Å². The second-order valence-electron chi connectivity index (χ2n) is 5.60. The number of carbonyl (C=O) groups excluding carboxylic acids is 1. The van der Waals surface area contributed by atoms with Crippen LogP contribution in [0.3, 0.4) is 0 Å². The van der Waals surface area contributed by atoms with E-state index in [2.05, 4.69) is 9.88 Å². The van der Waals surface area contributed by atoms with Gasteiger partial charge in [-0.2, -0.15) is 0 Å². The first-order valence-electron chi connectivity index (χ1n) is 7.50. The van der Waals surface area contributed by atoms with E-state index in [1.807, 2.05) is 19.1 Å². The number of nitrogens with zero attached hydrogens (tertiary/aromatic N) is 3. The van der Waals surface area contributed by atoms with Crippen LogP contribution in [-0.2, 0) is 0 Å². The first-order chi connectivity index (χ1) is 11.1. The summed E-state index contributed by atoms with van der Waals surface area (Å²) in [6.45, 7) is 4.17. The maximum atomic E-state index is 13.8. The summed E-state index contributed by atoms with van der Waals surface area (Å²) in [6.07, 6.45) is 1.76. The minimum absolute atomic E-state index is 0.255. The van der Waals surface area contributed by atoms with Gasteiger partial charge >= 0.3 is 0 Å². The van der Waals surface area contributed by atoms with Gasteiger partial charge in [0.25, 0.3) is 5.91 Å². The monoisotopic (exact) mass is 315 g/mol. The maximum absolute atomic E-state index is 13.8. The number of rotatable bonds is 2. The number of hydrogen-bond donors (Lipinski definition) is 1. The number of anilines is 1. The highest BCUT2D eigenvalue weighted by Crippen LogP contribution is 2.23. The number of pyridine rings is 1. The summed E-state index contributed by atoms with van der Waals surface area (Å²) < 4.78 is 13.8. The molecule has 3 rings (SSSR count). The van der Waals surface area contributed by atoms with Gasteiger partial charge in [0.2, 0.25) is 0 Å². The molecule has 0 bridgehead atoms. The zero-order valence-corrected chi connectivity index (χ0v) is 12.9. The van der Waals surface area contributed by atoms with Gasteiger partial charge in [0, 0.05) is 32.4 Å². The standard InChI is InChI=1S/C17H18FN3O2/c1-12-5-6-19-15(11-12)20-7-9-21(10-8-20)17(23)16-13(18)3-2-4-14(16)22/h2-6,11,22H,7-10H2,1H3. The Labute approximate surface area is 134 Å². The topological polar surface area (TPSA) is 56.7 Å². The van der Waals surface area contributed by atoms with Gasteiger partial charge in [0.15, 0.2) is 0 Å². The molecule has 23 heavy (non-hydrogen) atoms. The van der Waals surface area contributed by atoms with Crippen molar-refractivity contribution in [2.24, 2.45) is 0 Å². The molecule has 120 valence electrons. The van der Waals surface area contributed by atoms with E-state index in [0.717, 1.165) is 11.4 Å². The molecule has 0 unspecified atom stereocenters. The summed E-state index contributed by atoms with van der Waals surface area (Å²) in [7, 11) is 0. The fraction of sp³-hybridized carbons (Fsp3) is 0.294. The van der Waals surface area contributed by atoms with Crippen molar-refractivity contribution in [3.05, 3.63) is 53.5 Å². The molecule has 1 saturated heterocycles. The molecule has 1 aliphatic heterocycles. The van der Waals surface area contributed by atoms with Crippen LogP contribution in [0.2, 0.25) is 0 Å². The van der Waals surface area contributed by atoms with Gasteiger partial charge in [-0.25, -0.2) is 9.37 Å². The van der Waals surface area contributed by atoms with Gasteiger partial charge in [0.05, 0.1) is 0 Å². The van der Waals surface area contributed by atoms with Crippen molar-refractivity contribution in [3.63, 3.8) is 0 Å². The summed E-state index contributed by atoms with van der Waals surface area (Å²) in [6, 6.07) is 7.82. The molecule has 0 spiro atoms. The van der Waals surface area contributed by atoms with Crippen LogP contribution < -0.4 is 4.90 Å². The minimum atomic E-state index is -0.696. The van der Waals surface area contributed by atoms with Crippen molar-refractivity contribution in [2.75, 3.05) is 31.1 Å². The second-order valence-corrected chi connectivity index (χ2v) is 5.60. The third-order valence-electron chi connectivity index (χ3n) is 4.00. The average Bonchev–Trinajstić information content (AvgIpc) is 2.55. The van der Waals surface area contributed by atoms with Crippen LogP contribution in [-0.4, -0.2) is 47.1 Å². The van der Waals surface area contributed by atoms with E-state index in [-0.39, 0.29) is 11.3 Å². The molecule has 5 nitrogen and oxygen atoms in total. The van der Waals surface area contributed by atoms with Crippen molar-refractivity contribution in [3.8, 4) is 5.75 Å². The molecule has 0 atom stereocenters. The van der Waals surface area contributed by atoms with E-state index in [4.69, 9.17) is 0 Å². The molecule has 1 N–H and O–H groups in total. The lowest BCUT2D eigenvalue weighted by Crippen LogP contribution is -2.49. The first kappa shape index (κ1) is 15.3. The number of benzene rings is 1. The van der Waals surface area contributed by atoms with Gasteiger partial charge in [-0.15, -0.1) is 0 Å². The number of piperazine rings is 1. The third kappa shape index (κ3) is 3.11. The summed E-state index contributed by atoms with van der Waals surface area (Å²) >= 11 is 0. The quantitative estimate of drug-likeness (QED) is 0.923. The number of phenols is 1. The van der Waals surface area contributed by atoms with Crippen LogP contribution in [0.4, 0.5) is 10.2 Å². The fourth-order valence-electron chi connectivity index (χ4n) is 2.71. The van der Waals surface area contributed by atoms with E-state index < -0.39 is 11.7 Å². The number of phenolic OH excluding ortho intramolecular Hbond substituents is 1. The van der Waals surface area contributed by atoms with Gasteiger partial charge in [-0.05, 0) is 36.8 Å². The Bertz CT molecular complexity index is 707. The predicted molar refractivity (Wildman–Crippen MR) is 85.2 cm³/mol. The summed E-state index contributed by atoms with van der Waals surface area (Å²) in [5.41, 5.74) is 0.874. The van der Waals surface area contributed by atoms with Gasteiger partial charge < -0.3 is 14.9 Å². The van der Waals surface area contributed by atoms with Crippen LogP contribution in [0.15, 0.2) is 36.5 Å². The Balaban J connectivity index is 1.70. The number of aryl methyl sites for hydroxylation is 1. The first-order valence-corrected chi connectivity index (χ1v) is 7.50. The molecule has 0 radical (unpaired) electrons. The Morgan fingerprint density at radius 3 is 2.61 bits per heavy atom. The zero-order chi connectivity index (χ0) is 16.4. The van der Waals surface area contributed by atoms with Crippen molar-refractivity contribution in [1.82, 2.24) is 9.88 Å². The number of hydrogen-bond acceptors (Lipinski definition) is 4. The molecule has 1 fully saturated rings. The van der Waals surface area contributed by atoms with Crippen LogP contribution >= 0.6 is 0 Å². The average molecular weight is 315 g/mol. The van der Waals surface area contributed by atoms with Crippen LogP contribution in [0.5, 0.6) is 5.75 Å². The highest BCUT2D eigenvalue weighted by atomic mass is 19.1. The molecule has 6 heteroatoms. The molecule has 1 aromatic carbocycles. The Hall–Kier alpha value is -2.63. The lowest BCUT2D eigenvalue weighted by atomic mass is 10.1. The second kappa shape index (κ2) is 6.24. The Morgan fingerprint density at radius 2 is 1.96 bits per heavy atom. The van der Waals surface area contributed by atoms with E-state index in [1.54, 1.807) is 11.1 Å². The Kier molecular flexibility index (Phi) is 4.14. The number of amides is 1. The van der Waals surface area contributed by atoms with E-state index in [9.17, 15) is 14.3 Å². The predicted octanol–water partition coefficient (Wildman–Crippen LogP) is 2.20. The molecule has 1 amide bonds. The smallest absolute Gasteiger partial charge is 0.260 e. The zero-order valence-electron chi connectivity index (χ0n) is 12.9. The molecule has 0 saturated carbocycles. The minimum Gasteiger partial charge on any atom is -0.507 e. The highest BCUT2D eigenvalue weighted by Gasteiger charge is 2.26. The molecule has 2 heterocycles. The van der Waals surface area contributed by atoms with Gasteiger partial charge in [-0.1, -0.05) is 6.07 Å². The molecular formula is C17H18FN3O2. The van der Waals surface area contributed by atoms with Crippen molar-refractivity contribution >= 4 is 11.7 Å². The number of halogens is 1. The van der Waals surface area contributed by atoms with Crippen molar-refractivity contribution in [1.29, 1.82) is 0 Å². The highest BCUT2D eigenvalue weighted by molar-refractivity contribution is 5.97. The van der Waals surface area contributed by atoms with E-state index >= 15 is 0 Å². The molecule has 0 aliphatic carbocycles. The van der Waals surface area contributed by atoms with Crippen molar-refractivity contribution in [2.45, 2.75) is 6.92 Å². The number of aromatic hydroxyl groups is 1.